The summed E-state index contributed by atoms with van der Waals surface area (Å²) >= 11 is 3.45. The molecule has 1 aromatic heterocycles. The number of phenolic OH excluding ortho intramolecular Hbond substituents is 2. The van der Waals surface area contributed by atoms with Gasteiger partial charge in [0.25, 0.3) is 0 Å². The normalized spacial score (nSPS) is 15.4. The summed E-state index contributed by atoms with van der Waals surface area (Å²) in [5.74, 6) is -1.40. The second-order valence-corrected chi connectivity index (χ2v) is 9.72. The number of ether oxygens (including phenoxy) is 1. The van der Waals surface area contributed by atoms with Crippen molar-refractivity contribution in [2.75, 3.05) is 0 Å². The number of phenols is 2. The number of aromatic hydroxyl groups is 3. The number of fused-ring (bicyclic) bond motifs is 1. The van der Waals surface area contributed by atoms with E-state index in [1.54, 1.807) is 40.7 Å². The van der Waals surface area contributed by atoms with Crippen LogP contribution in [-0.4, -0.2) is 26.7 Å². The smallest absolute Gasteiger partial charge is 0.343 e. The number of hydrogen-bond donors (Lipinski definition) is 3. The first kappa shape index (κ1) is 24.9. The number of halogens is 1. The minimum absolute atomic E-state index is 0.0535. The molecule has 1 atom stereocenters. The Labute approximate surface area is 200 Å². The standard InChI is InChI=1S/C25H29BrO7/c1-7-11(3)19(27)18-22(30)13(9-15-20(28)12(4)16(8-2)32-24(15)31)21(29)14-10-17(26)25(5,6)33-23(14)18/h10-11,28-30H,7-9H2,1-6H3/t11-/m0/s1. The van der Waals surface area contributed by atoms with Crippen molar-refractivity contribution in [2.24, 2.45) is 5.92 Å². The minimum Gasteiger partial charge on any atom is -0.507 e. The first-order valence-corrected chi connectivity index (χ1v) is 11.7. The van der Waals surface area contributed by atoms with Gasteiger partial charge in [-0.15, -0.1) is 0 Å². The molecule has 8 heteroatoms. The lowest BCUT2D eigenvalue weighted by Crippen LogP contribution is -2.32. The van der Waals surface area contributed by atoms with Crippen LogP contribution >= 0.6 is 15.9 Å². The molecule has 3 N–H and O–H groups in total. The molecule has 0 fully saturated rings. The molecule has 33 heavy (non-hydrogen) atoms. The van der Waals surface area contributed by atoms with E-state index in [1.807, 2.05) is 6.92 Å². The fraction of sp³-hybridized carbons (Fsp3) is 0.440. The molecule has 3 rings (SSSR count). The van der Waals surface area contributed by atoms with Gasteiger partial charge in [-0.2, -0.15) is 0 Å². The number of aryl methyl sites for hydroxylation is 1. The highest BCUT2D eigenvalue weighted by Gasteiger charge is 2.37. The van der Waals surface area contributed by atoms with Crippen molar-refractivity contribution in [3.05, 3.63) is 48.5 Å². The number of rotatable bonds is 6. The Bertz CT molecular complexity index is 1220. The molecule has 0 aliphatic carbocycles. The van der Waals surface area contributed by atoms with Crippen LogP contribution in [0, 0.1) is 12.8 Å². The van der Waals surface area contributed by atoms with E-state index < -0.39 is 22.9 Å². The van der Waals surface area contributed by atoms with Crippen molar-refractivity contribution in [3.63, 3.8) is 0 Å². The molecule has 0 bridgehead atoms. The van der Waals surface area contributed by atoms with E-state index in [0.717, 1.165) is 0 Å². The number of ketones is 1. The van der Waals surface area contributed by atoms with E-state index in [1.165, 1.54) is 0 Å². The van der Waals surface area contributed by atoms with Crippen molar-refractivity contribution in [1.82, 2.24) is 0 Å². The topological polar surface area (TPSA) is 117 Å². The van der Waals surface area contributed by atoms with Crippen molar-refractivity contribution in [1.29, 1.82) is 0 Å². The maximum Gasteiger partial charge on any atom is 0.343 e. The van der Waals surface area contributed by atoms with Crippen LogP contribution in [0.1, 0.15) is 79.4 Å². The second kappa shape index (κ2) is 8.89. The second-order valence-electron chi connectivity index (χ2n) is 8.87. The summed E-state index contributed by atoms with van der Waals surface area (Å²) in [6, 6.07) is 0. The highest BCUT2D eigenvalue weighted by molar-refractivity contribution is 9.11. The minimum atomic E-state index is -0.829. The van der Waals surface area contributed by atoms with Crippen LogP contribution in [-0.2, 0) is 12.8 Å². The zero-order valence-electron chi connectivity index (χ0n) is 19.6. The summed E-state index contributed by atoms with van der Waals surface area (Å²) in [5, 5.41) is 32.9. The first-order valence-electron chi connectivity index (χ1n) is 10.9. The Balaban J connectivity index is 2.32. The van der Waals surface area contributed by atoms with Gasteiger partial charge < -0.3 is 24.5 Å². The van der Waals surface area contributed by atoms with E-state index >= 15 is 0 Å². The zero-order valence-corrected chi connectivity index (χ0v) is 21.2. The number of hydrogen-bond acceptors (Lipinski definition) is 7. The van der Waals surface area contributed by atoms with Crippen molar-refractivity contribution in [2.45, 2.75) is 66.4 Å². The highest BCUT2D eigenvalue weighted by atomic mass is 79.9. The summed E-state index contributed by atoms with van der Waals surface area (Å²) in [5.41, 5.74) is -1.20. The van der Waals surface area contributed by atoms with Crippen LogP contribution < -0.4 is 10.4 Å². The molecule has 0 saturated carbocycles. The Morgan fingerprint density at radius 1 is 1.12 bits per heavy atom. The van der Waals surface area contributed by atoms with Gasteiger partial charge in [-0.3, -0.25) is 4.79 Å². The average molecular weight is 521 g/mol. The molecule has 0 unspecified atom stereocenters. The molecule has 0 amide bonds. The monoisotopic (exact) mass is 520 g/mol. The number of carbonyl (C=O) groups excluding carboxylic acids is 1. The average Bonchev–Trinajstić information content (AvgIpc) is 2.76. The van der Waals surface area contributed by atoms with Crippen LogP contribution in [0.2, 0.25) is 0 Å². The number of Topliss-reactive ketones (excluding diaryl/α,β-unsaturated/α-hetero) is 1. The molecule has 7 nitrogen and oxygen atoms in total. The van der Waals surface area contributed by atoms with E-state index in [2.05, 4.69) is 15.9 Å². The molecule has 1 aliphatic heterocycles. The highest BCUT2D eigenvalue weighted by Crippen LogP contribution is 2.50. The van der Waals surface area contributed by atoms with E-state index in [0.29, 0.717) is 28.6 Å². The summed E-state index contributed by atoms with van der Waals surface area (Å²) < 4.78 is 12.0. The lowest BCUT2D eigenvalue weighted by molar-refractivity contribution is 0.0909. The van der Waals surface area contributed by atoms with Gasteiger partial charge in [0.2, 0.25) is 0 Å². The third kappa shape index (κ3) is 4.16. The molecule has 0 spiro atoms. The van der Waals surface area contributed by atoms with E-state index in [4.69, 9.17) is 9.15 Å². The molecule has 2 heterocycles. The predicted molar refractivity (Wildman–Crippen MR) is 129 cm³/mol. The van der Waals surface area contributed by atoms with Crippen molar-refractivity contribution in [3.8, 4) is 23.0 Å². The largest absolute Gasteiger partial charge is 0.507 e. The SMILES string of the molecule is CCc1oc(=O)c(Cc2c(O)c3c(c(C(=O)[C@@H](C)CC)c2O)OC(C)(C)C(Br)=C3)c(O)c1C. The van der Waals surface area contributed by atoms with Gasteiger partial charge in [-0.25, -0.2) is 4.79 Å². The molecule has 0 radical (unpaired) electrons. The maximum atomic E-state index is 13.3. The fourth-order valence-electron chi connectivity index (χ4n) is 3.82. The van der Waals surface area contributed by atoms with Crippen LogP contribution in [0.5, 0.6) is 23.0 Å². The third-order valence-corrected chi connectivity index (χ3v) is 7.43. The summed E-state index contributed by atoms with van der Waals surface area (Å²) in [4.78, 5) is 25.9. The van der Waals surface area contributed by atoms with Crippen LogP contribution in [0.25, 0.3) is 6.08 Å². The summed E-state index contributed by atoms with van der Waals surface area (Å²) in [7, 11) is 0. The predicted octanol–water partition coefficient (Wildman–Crippen LogP) is 5.35. The van der Waals surface area contributed by atoms with E-state index in [9.17, 15) is 24.9 Å². The molecule has 1 aromatic carbocycles. The Morgan fingerprint density at radius 3 is 2.33 bits per heavy atom. The fourth-order valence-corrected chi connectivity index (χ4v) is 4.13. The number of benzene rings is 1. The number of carbonyl (C=O) groups is 1. The first-order chi connectivity index (χ1) is 15.3. The zero-order chi connectivity index (χ0) is 24.8. The quantitative estimate of drug-likeness (QED) is 0.439. The van der Waals surface area contributed by atoms with Crippen molar-refractivity contribution >= 4 is 27.8 Å². The van der Waals surface area contributed by atoms with Gasteiger partial charge in [0.05, 0.1) is 11.1 Å². The molecule has 2 aromatic rings. The Kier molecular flexibility index (Phi) is 6.71. The lowest BCUT2D eigenvalue weighted by Gasteiger charge is -2.33. The third-order valence-electron chi connectivity index (χ3n) is 6.24. The van der Waals surface area contributed by atoms with Crippen LogP contribution in [0.3, 0.4) is 0 Å². The summed E-state index contributed by atoms with van der Waals surface area (Å²) in [6.07, 6.45) is 2.26. The molecule has 0 saturated heterocycles. The van der Waals surface area contributed by atoms with Gasteiger partial charge >= 0.3 is 5.63 Å². The van der Waals surface area contributed by atoms with Gasteiger partial charge in [0, 0.05) is 34.4 Å². The van der Waals surface area contributed by atoms with Gasteiger partial charge in [-0.05, 0) is 33.3 Å². The van der Waals surface area contributed by atoms with Crippen molar-refractivity contribution < 1.29 is 29.3 Å². The Hall–Kier alpha value is -2.74. The lowest BCUT2D eigenvalue weighted by atomic mass is 9.87. The van der Waals surface area contributed by atoms with Crippen LogP contribution in [0.4, 0.5) is 0 Å². The Morgan fingerprint density at radius 2 is 1.76 bits per heavy atom. The van der Waals surface area contributed by atoms with Gasteiger partial charge in [0.1, 0.15) is 39.9 Å². The summed E-state index contributed by atoms with van der Waals surface area (Å²) in [6.45, 7) is 10.6. The van der Waals surface area contributed by atoms with Gasteiger partial charge in [0.15, 0.2) is 5.78 Å². The maximum absolute atomic E-state index is 13.3. The molecular formula is C25H29BrO7. The van der Waals surface area contributed by atoms with Crippen LogP contribution in [0.15, 0.2) is 13.7 Å². The van der Waals surface area contributed by atoms with Gasteiger partial charge in [-0.1, -0.05) is 36.7 Å². The molecular weight excluding hydrogens is 492 g/mol. The molecule has 178 valence electrons. The van der Waals surface area contributed by atoms with E-state index in [-0.39, 0.29) is 51.7 Å². The molecule has 1 aliphatic rings.